The van der Waals surface area contributed by atoms with E-state index in [1.54, 1.807) is 30.3 Å². The van der Waals surface area contributed by atoms with Crippen LogP contribution in [0.2, 0.25) is 0 Å². The highest BCUT2D eigenvalue weighted by atomic mass is 19.4. The molecule has 292 valence electrons. The number of nitrogens with zero attached hydrogens (tertiary/aromatic N) is 2. The Labute approximate surface area is 318 Å². The molecule has 2 aliphatic rings. The number of aromatic hydroxyl groups is 1. The number of hydrogen-bond acceptors (Lipinski definition) is 8. The van der Waals surface area contributed by atoms with Gasteiger partial charge in [0.25, 0.3) is 0 Å². The number of alkyl halides is 3. The fourth-order valence-electron chi connectivity index (χ4n) is 7.32. The molecule has 0 aromatic heterocycles. The van der Waals surface area contributed by atoms with Gasteiger partial charge in [0.05, 0.1) is 24.9 Å². The first-order chi connectivity index (χ1) is 26.3. The summed E-state index contributed by atoms with van der Waals surface area (Å²) >= 11 is 0. The Hall–Kier alpha value is -4.79. The van der Waals surface area contributed by atoms with E-state index in [2.05, 4.69) is 12.2 Å². The number of aliphatic hydroxyl groups excluding tert-OH is 2. The minimum Gasteiger partial charge on any atom is -0.508 e. The number of carbonyl (C=O) groups excluding carboxylic acids is 2. The first-order valence-corrected chi connectivity index (χ1v) is 18.3. The van der Waals surface area contributed by atoms with E-state index in [4.69, 9.17) is 9.47 Å². The van der Waals surface area contributed by atoms with Gasteiger partial charge in [-0.1, -0.05) is 79.7 Å². The Balaban J connectivity index is 1.18. The highest BCUT2D eigenvalue weighted by molar-refractivity contribution is 5.90. The maximum Gasteiger partial charge on any atom is 0.471 e. The number of hydrogen-bond donors (Lipinski definition) is 4. The van der Waals surface area contributed by atoms with E-state index in [-0.39, 0.29) is 50.0 Å². The predicted octanol–water partition coefficient (Wildman–Crippen LogP) is 6.18. The smallest absolute Gasteiger partial charge is 0.471 e. The second-order valence-electron chi connectivity index (χ2n) is 14.4. The molecule has 6 atom stereocenters. The van der Waals surface area contributed by atoms with Gasteiger partial charge in [0.2, 0.25) is 5.91 Å². The van der Waals surface area contributed by atoms with E-state index < -0.39 is 36.4 Å². The molecular formula is C42H46F3N3O7. The van der Waals surface area contributed by atoms with Gasteiger partial charge in [0, 0.05) is 37.7 Å². The number of likely N-dealkylation sites (N-methyl/N-ethyl adjacent to an activating group) is 1. The van der Waals surface area contributed by atoms with Crippen molar-refractivity contribution in [1.29, 1.82) is 0 Å². The van der Waals surface area contributed by atoms with Crippen LogP contribution in [-0.2, 0) is 32.2 Å². The van der Waals surface area contributed by atoms with Crippen LogP contribution in [0.15, 0.2) is 97.1 Å². The largest absolute Gasteiger partial charge is 0.508 e. The number of aliphatic hydroxyl groups is 2. The van der Waals surface area contributed by atoms with Crippen LogP contribution < -0.4 is 5.32 Å². The van der Waals surface area contributed by atoms with Crippen LogP contribution >= 0.6 is 0 Å². The monoisotopic (exact) mass is 761 g/mol. The molecule has 0 aliphatic carbocycles. The van der Waals surface area contributed by atoms with Crippen LogP contribution in [0.1, 0.15) is 66.1 Å². The van der Waals surface area contributed by atoms with Gasteiger partial charge in [-0.2, -0.15) is 13.2 Å². The molecule has 4 aromatic rings. The van der Waals surface area contributed by atoms with E-state index in [9.17, 15) is 38.1 Å². The van der Waals surface area contributed by atoms with Crippen LogP contribution in [0, 0.1) is 5.92 Å². The van der Waals surface area contributed by atoms with Crippen LogP contribution in [0.5, 0.6) is 5.75 Å². The summed E-state index contributed by atoms with van der Waals surface area (Å²) in [4.78, 5) is 27.4. The molecule has 4 aromatic carbocycles. The topological polar surface area (TPSA) is 132 Å². The number of rotatable bonds is 12. The van der Waals surface area contributed by atoms with Crippen LogP contribution in [0.3, 0.4) is 0 Å². The number of likely N-dealkylation sites (tertiary alicyclic amines) is 1. The maximum absolute atomic E-state index is 13.1. The molecule has 2 fully saturated rings. The van der Waals surface area contributed by atoms with Gasteiger partial charge < -0.3 is 39.9 Å². The molecule has 55 heavy (non-hydrogen) atoms. The van der Waals surface area contributed by atoms with Crippen LogP contribution in [0.4, 0.5) is 13.2 Å². The Morgan fingerprint density at radius 1 is 0.927 bits per heavy atom. The molecule has 2 heterocycles. The van der Waals surface area contributed by atoms with Crippen LogP contribution in [0.25, 0.3) is 11.1 Å². The summed E-state index contributed by atoms with van der Waals surface area (Å²) in [6.07, 6.45) is -6.83. The van der Waals surface area contributed by atoms with Crippen molar-refractivity contribution in [2.45, 2.75) is 69.7 Å². The SMILES string of the molecule is C[C@H]1[C@@H](CN(C)C[C@@H](O)c2cccc(O)c2)O[C@@H](c2cccc(-c3cccc(CNC(=O)[C@@H]4CCCN4C(=O)C(F)(F)F)c3)c2)O[C@H]1c1ccc(CO)cc1. The van der Waals surface area contributed by atoms with Crippen molar-refractivity contribution in [2.24, 2.45) is 5.92 Å². The van der Waals surface area contributed by atoms with E-state index in [0.717, 1.165) is 33.4 Å². The predicted molar refractivity (Wildman–Crippen MR) is 198 cm³/mol. The average Bonchev–Trinajstić information content (AvgIpc) is 3.67. The summed E-state index contributed by atoms with van der Waals surface area (Å²) in [5.74, 6) is -2.65. The number of amides is 2. The van der Waals surface area contributed by atoms with Crippen molar-refractivity contribution in [2.75, 3.05) is 26.7 Å². The second kappa shape index (κ2) is 17.3. The molecule has 0 spiro atoms. The summed E-state index contributed by atoms with van der Waals surface area (Å²) in [5.41, 5.74) is 5.49. The molecule has 0 bridgehead atoms. The Morgan fingerprint density at radius 2 is 1.64 bits per heavy atom. The van der Waals surface area contributed by atoms with Gasteiger partial charge in [-0.25, -0.2) is 0 Å². The zero-order chi connectivity index (χ0) is 39.3. The molecule has 2 amide bonds. The Morgan fingerprint density at radius 3 is 2.35 bits per heavy atom. The number of phenols is 1. The number of nitrogens with one attached hydrogen (secondary N) is 1. The fourth-order valence-corrected chi connectivity index (χ4v) is 7.32. The lowest BCUT2D eigenvalue weighted by Gasteiger charge is -2.42. The molecule has 0 unspecified atom stereocenters. The highest BCUT2D eigenvalue weighted by Crippen LogP contribution is 2.42. The van der Waals surface area contributed by atoms with Crippen molar-refractivity contribution < 1.29 is 47.6 Å². The number of carbonyl (C=O) groups is 2. The molecule has 2 aliphatic heterocycles. The number of halogens is 3. The molecular weight excluding hydrogens is 715 g/mol. The normalized spacial score (nSPS) is 22.1. The third kappa shape index (κ3) is 9.72. The molecule has 0 radical (unpaired) electrons. The maximum atomic E-state index is 13.1. The van der Waals surface area contributed by atoms with E-state index >= 15 is 0 Å². The number of benzene rings is 4. The van der Waals surface area contributed by atoms with E-state index in [1.807, 2.05) is 78.7 Å². The average molecular weight is 762 g/mol. The van der Waals surface area contributed by atoms with E-state index in [0.29, 0.717) is 30.0 Å². The zero-order valence-corrected chi connectivity index (χ0v) is 30.7. The first-order valence-electron chi connectivity index (χ1n) is 18.3. The zero-order valence-electron chi connectivity index (χ0n) is 30.7. The van der Waals surface area contributed by atoms with Gasteiger partial charge >= 0.3 is 12.1 Å². The second-order valence-corrected chi connectivity index (χ2v) is 14.4. The lowest BCUT2D eigenvalue weighted by molar-refractivity contribution is -0.276. The first kappa shape index (κ1) is 39.9. The number of phenolic OH excluding ortho intramolecular Hbond substituents is 1. The third-order valence-electron chi connectivity index (χ3n) is 10.3. The molecule has 6 rings (SSSR count). The van der Waals surface area contributed by atoms with Gasteiger partial charge in [-0.05, 0) is 77.5 Å². The molecule has 10 nitrogen and oxygen atoms in total. The standard InChI is InChI=1S/C42H46F3N3O7/c1-26-37(24-47(2)23-36(51)32-10-5-12-34(50)21-32)54-40(55-38(26)29-16-14-27(25-49)15-17-29)33-11-4-9-31(20-33)30-8-3-7-28(19-30)22-46-39(52)35-13-6-18-48(35)41(53)42(43,44)45/h3-5,7-12,14-17,19-21,26,35-38,40,49-51H,6,13,18,22-25H2,1-2H3,(H,46,52)/t26-,35-,36+,37+,38+,40+/m0/s1. The summed E-state index contributed by atoms with van der Waals surface area (Å²) in [6, 6.07) is 28.2. The van der Waals surface area contributed by atoms with Gasteiger partial charge in [0.1, 0.15) is 11.8 Å². The lowest BCUT2D eigenvalue weighted by Crippen LogP contribution is -2.50. The minimum absolute atomic E-state index is 0.0652. The van der Waals surface area contributed by atoms with Gasteiger partial charge in [-0.3, -0.25) is 9.59 Å². The summed E-state index contributed by atoms with van der Waals surface area (Å²) in [5, 5.41) is 33.2. The third-order valence-corrected chi connectivity index (χ3v) is 10.3. The summed E-state index contributed by atoms with van der Waals surface area (Å²) < 4.78 is 52.6. The quantitative estimate of drug-likeness (QED) is 0.135. The van der Waals surface area contributed by atoms with Crippen molar-refractivity contribution in [3.8, 4) is 16.9 Å². The summed E-state index contributed by atoms with van der Waals surface area (Å²) in [7, 11) is 1.90. The Kier molecular flexibility index (Phi) is 12.6. The molecule has 0 saturated carbocycles. The molecule has 4 N–H and O–H groups in total. The molecule has 2 saturated heterocycles. The molecule has 13 heteroatoms. The van der Waals surface area contributed by atoms with Gasteiger partial charge in [-0.15, -0.1) is 0 Å². The highest BCUT2D eigenvalue weighted by Gasteiger charge is 2.47. The van der Waals surface area contributed by atoms with E-state index in [1.165, 1.54) is 0 Å². The van der Waals surface area contributed by atoms with Crippen molar-refractivity contribution in [3.05, 3.63) is 125 Å². The lowest BCUT2D eigenvalue weighted by atomic mass is 9.89. The van der Waals surface area contributed by atoms with Crippen molar-refractivity contribution in [1.82, 2.24) is 15.1 Å². The Bertz CT molecular complexity index is 1940. The summed E-state index contributed by atoms with van der Waals surface area (Å²) in [6.45, 7) is 2.70. The van der Waals surface area contributed by atoms with Crippen molar-refractivity contribution in [3.63, 3.8) is 0 Å². The van der Waals surface area contributed by atoms with Crippen molar-refractivity contribution >= 4 is 11.8 Å². The number of ether oxygens (including phenoxy) is 2. The van der Waals surface area contributed by atoms with Crippen LogP contribution in [-0.4, -0.2) is 81.9 Å². The van der Waals surface area contributed by atoms with Gasteiger partial charge in [0.15, 0.2) is 6.29 Å². The minimum atomic E-state index is -5.04. The fraction of sp³-hybridized carbons (Fsp3) is 0.381.